The molecule has 2 rings (SSSR count). The number of hydrogen-bond acceptors (Lipinski definition) is 2. The van der Waals surface area contributed by atoms with Crippen molar-refractivity contribution in [1.29, 1.82) is 0 Å². The summed E-state index contributed by atoms with van der Waals surface area (Å²) in [4.78, 5) is 4.35. The Labute approximate surface area is 124 Å². The number of pyridine rings is 1. The average molecular weight is 370 g/mol. The Morgan fingerprint density at radius 3 is 2.44 bits per heavy atom. The third-order valence-electron chi connectivity index (χ3n) is 2.78. The van der Waals surface area contributed by atoms with E-state index in [4.69, 9.17) is 0 Å². The Morgan fingerprint density at radius 1 is 1.17 bits per heavy atom. The van der Waals surface area contributed by atoms with Crippen molar-refractivity contribution in [2.75, 3.05) is 5.32 Å². The van der Waals surface area contributed by atoms with Gasteiger partial charge in [-0.3, -0.25) is 0 Å². The maximum atomic E-state index is 4.35. The maximum Gasteiger partial charge on any atom is 0.126 e. The highest BCUT2D eigenvalue weighted by Crippen LogP contribution is 2.22. The molecule has 0 fully saturated rings. The van der Waals surface area contributed by atoms with Crippen molar-refractivity contribution in [3.8, 4) is 0 Å². The molecule has 0 radical (unpaired) electrons. The number of aryl methyl sites for hydroxylation is 1. The van der Waals surface area contributed by atoms with E-state index in [2.05, 4.69) is 68.1 Å². The molecule has 0 aliphatic carbocycles. The Bertz CT molecular complexity index is 538. The minimum atomic E-state index is 0.228. The van der Waals surface area contributed by atoms with E-state index in [1.807, 2.05) is 24.4 Å². The number of nitrogens with zero attached hydrogens (tertiary/aromatic N) is 1. The highest BCUT2D eigenvalue weighted by Gasteiger charge is 2.06. The summed E-state index contributed by atoms with van der Waals surface area (Å²) in [5.74, 6) is 0.895. The van der Waals surface area contributed by atoms with E-state index in [-0.39, 0.29) is 6.04 Å². The first-order valence-electron chi connectivity index (χ1n) is 5.70. The molecule has 0 amide bonds. The normalized spacial score (nSPS) is 12.2. The Morgan fingerprint density at radius 2 is 1.83 bits per heavy atom. The predicted molar refractivity (Wildman–Crippen MR) is 82.9 cm³/mol. The fourth-order valence-electron chi connectivity index (χ4n) is 1.67. The van der Waals surface area contributed by atoms with Crippen LogP contribution >= 0.6 is 31.9 Å². The Hall–Kier alpha value is -0.870. The van der Waals surface area contributed by atoms with Crippen LogP contribution in [0.15, 0.2) is 45.5 Å². The molecule has 0 spiro atoms. The molecule has 94 valence electrons. The van der Waals surface area contributed by atoms with Crippen molar-refractivity contribution < 1.29 is 0 Å². The van der Waals surface area contributed by atoms with E-state index in [1.54, 1.807) is 0 Å². The van der Waals surface area contributed by atoms with E-state index < -0.39 is 0 Å². The zero-order chi connectivity index (χ0) is 13.1. The molecule has 1 aromatic carbocycles. The van der Waals surface area contributed by atoms with Gasteiger partial charge in [0.05, 0.1) is 0 Å². The molecule has 1 heterocycles. The molecular weight excluding hydrogens is 356 g/mol. The first-order chi connectivity index (χ1) is 8.56. The summed E-state index contributed by atoms with van der Waals surface area (Å²) in [6.07, 6.45) is 1.83. The molecule has 0 saturated heterocycles. The fourth-order valence-corrected chi connectivity index (χ4v) is 2.16. The Balaban J connectivity index is 2.13. The molecule has 2 aromatic rings. The van der Waals surface area contributed by atoms with Crippen LogP contribution in [0, 0.1) is 6.92 Å². The second-order valence-electron chi connectivity index (χ2n) is 4.24. The summed E-state index contributed by atoms with van der Waals surface area (Å²) < 4.78 is 2.13. The lowest BCUT2D eigenvalue weighted by Gasteiger charge is -2.15. The SMILES string of the molecule is Cc1cc(NC(C)c2ccc(Br)cc2)ncc1Br. The molecule has 0 aliphatic rings. The van der Waals surface area contributed by atoms with Gasteiger partial charge in [-0.1, -0.05) is 28.1 Å². The van der Waals surface area contributed by atoms with Gasteiger partial charge in [0.25, 0.3) is 0 Å². The molecule has 2 nitrogen and oxygen atoms in total. The number of aromatic nitrogens is 1. The summed E-state index contributed by atoms with van der Waals surface area (Å²) >= 11 is 6.89. The van der Waals surface area contributed by atoms with Gasteiger partial charge in [0, 0.05) is 21.2 Å². The summed E-state index contributed by atoms with van der Waals surface area (Å²) in [5, 5.41) is 3.40. The fraction of sp³-hybridized carbons (Fsp3) is 0.214. The van der Waals surface area contributed by atoms with Gasteiger partial charge >= 0.3 is 0 Å². The molecule has 0 aliphatic heterocycles. The number of nitrogens with one attached hydrogen (secondary N) is 1. The van der Waals surface area contributed by atoms with Crippen LogP contribution in [0.2, 0.25) is 0 Å². The van der Waals surface area contributed by atoms with Gasteiger partial charge in [0.15, 0.2) is 0 Å². The standard InChI is InChI=1S/C14H14Br2N2/c1-9-7-14(17-8-13(9)16)18-10(2)11-3-5-12(15)6-4-11/h3-8,10H,1-2H3,(H,17,18). The number of anilines is 1. The van der Waals surface area contributed by atoms with Gasteiger partial charge < -0.3 is 5.32 Å². The average Bonchev–Trinajstić information content (AvgIpc) is 2.34. The van der Waals surface area contributed by atoms with Crippen LogP contribution in [-0.2, 0) is 0 Å². The highest BCUT2D eigenvalue weighted by atomic mass is 79.9. The van der Waals surface area contributed by atoms with Gasteiger partial charge in [0.1, 0.15) is 5.82 Å². The summed E-state index contributed by atoms with van der Waals surface area (Å²) in [5.41, 5.74) is 2.41. The quantitative estimate of drug-likeness (QED) is 0.815. The molecule has 1 aromatic heterocycles. The topological polar surface area (TPSA) is 24.9 Å². The molecule has 1 N–H and O–H groups in total. The van der Waals surface area contributed by atoms with Crippen LogP contribution in [0.4, 0.5) is 5.82 Å². The van der Waals surface area contributed by atoms with Crippen LogP contribution in [-0.4, -0.2) is 4.98 Å². The number of rotatable bonds is 3. The van der Waals surface area contributed by atoms with Crippen molar-refractivity contribution in [1.82, 2.24) is 4.98 Å². The van der Waals surface area contributed by atoms with Gasteiger partial charge in [-0.15, -0.1) is 0 Å². The predicted octanol–water partition coefficient (Wildman–Crippen LogP) is 5.09. The van der Waals surface area contributed by atoms with Gasteiger partial charge in [-0.05, 0) is 59.1 Å². The van der Waals surface area contributed by atoms with Crippen LogP contribution in [0.5, 0.6) is 0 Å². The van der Waals surface area contributed by atoms with Crippen LogP contribution in [0.25, 0.3) is 0 Å². The van der Waals surface area contributed by atoms with E-state index in [0.29, 0.717) is 0 Å². The van der Waals surface area contributed by atoms with Gasteiger partial charge in [0.2, 0.25) is 0 Å². The van der Waals surface area contributed by atoms with Crippen LogP contribution in [0.1, 0.15) is 24.1 Å². The van der Waals surface area contributed by atoms with Crippen LogP contribution < -0.4 is 5.32 Å². The largest absolute Gasteiger partial charge is 0.364 e. The number of hydrogen-bond donors (Lipinski definition) is 1. The van der Waals surface area contributed by atoms with Crippen molar-refractivity contribution in [2.45, 2.75) is 19.9 Å². The Kier molecular flexibility index (Phi) is 4.40. The van der Waals surface area contributed by atoms with E-state index in [0.717, 1.165) is 14.8 Å². The van der Waals surface area contributed by atoms with Gasteiger partial charge in [-0.25, -0.2) is 4.98 Å². The molecule has 0 saturated carbocycles. The zero-order valence-electron chi connectivity index (χ0n) is 10.2. The maximum absolute atomic E-state index is 4.35. The second-order valence-corrected chi connectivity index (χ2v) is 6.01. The van der Waals surface area contributed by atoms with Crippen molar-refractivity contribution in [2.24, 2.45) is 0 Å². The molecule has 1 unspecified atom stereocenters. The van der Waals surface area contributed by atoms with Crippen LogP contribution in [0.3, 0.4) is 0 Å². The van der Waals surface area contributed by atoms with Crippen molar-refractivity contribution in [3.05, 3.63) is 56.6 Å². The first-order valence-corrected chi connectivity index (χ1v) is 7.29. The molecule has 1 atom stereocenters. The third-order valence-corrected chi connectivity index (χ3v) is 4.14. The lowest BCUT2D eigenvalue weighted by Crippen LogP contribution is -2.07. The lowest BCUT2D eigenvalue weighted by atomic mass is 10.1. The summed E-state index contributed by atoms with van der Waals surface area (Å²) in [6.45, 7) is 4.18. The minimum absolute atomic E-state index is 0.228. The first kappa shape index (κ1) is 13.6. The van der Waals surface area contributed by atoms with Gasteiger partial charge in [-0.2, -0.15) is 0 Å². The molecule has 0 bridgehead atoms. The van der Waals surface area contributed by atoms with E-state index in [9.17, 15) is 0 Å². The third kappa shape index (κ3) is 3.33. The number of benzene rings is 1. The van der Waals surface area contributed by atoms with Crippen molar-refractivity contribution in [3.63, 3.8) is 0 Å². The monoisotopic (exact) mass is 368 g/mol. The smallest absolute Gasteiger partial charge is 0.126 e. The lowest BCUT2D eigenvalue weighted by molar-refractivity contribution is 0.873. The summed E-state index contributed by atoms with van der Waals surface area (Å²) in [7, 11) is 0. The van der Waals surface area contributed by atoms with E-state index >= 15 is 0 Å². The van der Waals surface area contributed by atoms with Crippen molar-refractivity contribution >= 4 is 37.7 Å². The number of halogens is 2. The second kappa shape index (κ2) is 5.85. The minimum Gasteiger partial charge on any atom is -0.364 e. The molecular formula is C14H14Br2N2. The zero-order valence-corrected chi connectivity index (χ0v) is 13.4. The summed E-state index contributed by atoms with van der Waals surface area (Å²) in [6, 6.07) is 10.6. The molecule has 4 heteroatoms. The molecule has 18 heavy (non-hydrogen) atoms. The van der Waals surface area contributed by atoms with E-state index in [1.165, 1.54) is 11.1 Å². The highest BCUT2D eigenvalue weighted by molar-refractivity contribution is 9.10.